The Kier molecular flexibility index (Phi) is 4.08. The number of hydrogen-bond acceptors (Lipinski definition) is 5. The molecule has 0 N–H and O–H groups in total. The molecule has 0 unspecified atom stereocenters. The molecule has 0 saturated carbocycles. The molecule has 0 fully saturated rings. The van der Waals surface area contributed by atoms with Gasteiger partial charge < -0.3 is 5.11 Å². The number of ketones is 1. The van der Waals surface area contributed by atoms with Crippen LogP contribution < -0.4 is 5.11 Å². The fraction of sp³-hybridized carbons (Fsp3) is 0.0667. The van der Waals surface area contributed by atoms with Gasteiger partial charge >= 0.3 is 0 Å². The normalized spacial score (nSPS) is 10.7. The lowest BCUT2D eigenvalue weighted by Crippen LogP contribution is -2.01. The molecule has 0 bridgehead atoms. The zero-order valence-electron chi connectivity index (χ0n) is 11.1. The van der Waals surface area contributed by atoms with Crippen LogP contribution in [0.3, 0.4) is 0 Å². The quantitative estimate of drug-likeness (QED) is 0.373. The first-order valence-corrected chi connectivity index (χ1v) is 6.08. The third-order valence-electron chi connectivity index (χ3n) is 2.83. The molecule has 0 amide bonds. The first kappa shape index (κ1) is 14.4. The van der Waals surface area contributed by atoms with Crippen LogP contribution in [-0.2, 0) is 0 Å². The number of carbonyl (C=O) groups is 1. The lowest BCUT2D eigenvalue weighted by Gasteiger charge is -2.09. The van der Waals surface area contributed by atoms with Gasteiger partial charge in [0, 0.05) is 17.8 Å². The van der Waals surface area contributed by atoms with E-state index in [1.54, 1.807) is 24.3 Å². The molecule has 6 nitrogen and oxygen atoms in total. The van der Waals surface area contributed by atoms with Gasteiger partial charge in [-0.05, 0) is 30.4 Å². The molecule has 106 valence electrons. The largest absolute Gasteiger partial charge is 0.867 e. The molecule has 21 heavy (non-hydrogen) atoms. The molecule has 2 rings (SSSR count). The molecule has 6 heteroatoms. The average Bonchev–Trinajstić information content (AvgIpc) is 2.46. The smallest absolute Gasteiger partial charge is 0.262 e. The van der Waals surface area contributed by atoms with E-state index in [4.69, 9.17) is 0 Å². The van der Waals surface area contributed by atoms with Crippen molar-refractivity contribution in [3.63, 3.8) is 0 Å². The van der Waals surface area contributed by atoms with Crippen molar-refractivity contribution < 1.29 is 14.8 Å². The highest BCUT2D eigenvalue weighted by Crippen LogP contribution is 2.25. The standard InChI is InChI=1S/C15H12N2O4/c1-10(18)11-4-2-6-13(8-11)16-9-12-5-3-7-14(15(12)19)17(20)21/h2-9,19H,1H3/p-1. The predicted molar refractivity (Wildman–Crippen MR) is 76.2 cm³/mol. The minimum absolute atomic E-state index is 0.0908. The number of carbonyl (C=O) groups excluding carboxylic acids is 1. The number of nitro groups is 1. The summed E-state index contributed by atoms with van der Waals surface area (Å²) in [5.41, 5.74) is 0.633. The molecular weight excluding hydrogens is 272 g/mol. The van der Waals surface area contributed by atoms with Crippen molar-refractivity contribution in [1.82, 2.24) is 0 Å². The van der Waals surface area contributed by atoms with E-state index < -0.39 is 16.4 Å². The van der Waals surface area contributed by atoms with Gasteiger partial charge in [-0.3, -0.25) is 19.9 Å². The Morgan fingerprint density at radius 1 is 1.24 bits per heavy atom. The van der Waals surface area contributed by atoms with E-state index in [1.807, 2.05) is 0 Å². The number of rotatable bonds is 4. The summed E-state index contributed by atoms with van der Waals surface area (Å²) in [6.07, 6.45) is 1.26. The molecule has 0 radical (unpaired) electrons. The summed E-state index contributed by atoms with van der Waals surface area (Å²) in [4.78, 5) is 25.3. The van der Waals surface area contributed by atoms with Crippen LogP contribution in [-0.4, -0.2) is 16.9 Å². The van der Waals surface area contributed by atoms with Crippen LogP contribution >= 0.6 is 0 Å². The summed E-state index contributed by atoms with van der Waals surface area (Å²) in [6, 6.07) is 10.6. The van der Waals surface area contributed by atoms with Crippen molar-refractivity contribution in [1.29, 1.82) is 0 Å². The van der Waals surface area contributed by atoms with Crippen molar-refractivity contribution in [3.8, 4) is 5.75 Å². The molecule has 0 aliphatic carbocycles. The second kappa shape index (κ2) is 5.96. The lowest BCUT2D eigenvalue weighted by molar-refractivity contribution is -0.398. The Hall–Kier alpha value is -3.02. The van der Waals surface area contributed by atoms with Gasteiger partial charge in [-0.25, -0.2) is 0 Å². The van der Waals surface area contributed by atoms with Crippen LogP contribution in [0, 0.1) is 10.1 Å². The van der Waals surface area contributed by atoms with Crippen LogP contribution in [0.2, 0.25) is 0 Å². The lowest BCUT2D eigenvalue weighted by atomic mass is 10.1. The maximum atomic E-state index is 11.8. The molecule has 0 heterocycles. The van der Waals surface area contributed by atoms with Crippen LogP contribution in [0.5, 0.6) is 5.75 Å². The van der Waals surface area contributed by atoms with Crippen molar-refractivity contribution in [2.75, 3.05) is 0 Å². The Balaban J connectivity index is 2.34. The molecule has 2 aromatic rings. The van der Waals surface area contributed by atoms with E-state index in [9.17, 15) is 20.0 Å². The van der Waals surface area contributed by atoms with Gasteiger partial charge in [0.05, 0.1) is 10.6 Å². The van der Waals surface area contributed by atoms with E-state index in [0.717, 1.165) is 6.07 Å². The summed E-state index contributed by atoms with van der Waals surface area (Å²) in [6.45, 7) is 1.44. The van der Waals surface area contributed by atoms with Crippen molar-refractivity contribution in [2.24, 2.45) is 4.99 Å². The maximum absolute atomic E-state index is 11.8. The highest BCUT2D eigenvalue weighted by molar-refractivity contribution is 5.95. The highest BCUT2D eigenvalue weighted by atomic mass is 16.6. The Labute approximate surface area is 120 Å². The first-order chi connectivity index (χ1) is 9.99. The summed E-state index contributed by atoms with van der Waals surface area (Å²) >= 11 is 0. The number of para-hydroxylation sites is 1. The number of nitro benzene ring substituents is 1. The maximum Gasteiger partial charge on any atom is 0.262 e. The molecule has 2 aromatic carbocycles. The zero-order valence-corrected chi connectivity index (χ0v) is 11.1. The molecule has 0 atom stereocenters. The van der Waals surface area contributed by atoms with Crippen molar-refractivity contribution in [3.05, 3.63) is 63.7 Å². The van der Waals surface area contributed by atoms with E-state index in [2.05, 4.69) is 4.99 Å². The van der Waals surface area contributed by atoms with Crippen molar-refractivity contribution in [2.45, 2.75) is 6.92 Å². The van der Waals surface area contributed by atoms with Gasteiger partial charge in [-0.2, -0.15) is 0 Å². The summed E-state index contributed by atoms with van der Waals surface area (Å²) in [5.74, 6) is -0.777. The topological polar surface area (TPSA) is 95.6 Å². The molecular formula is C15H11N2O4-. The van der Waals surface area contributed by atoms with Crippen LogP contribution in [0.15, 0.2) is 47.5 Å². The van der Waals surface area contributed by atoms with Gasteiger partial charge in [0.2, 0.25) is 0 Å². The van der Waals surface area contributed by atoms with Crippen LogP contribution in [0.4, 0.5) is 11.4 Å². The SMILES string of the molecule is CC(=O)c1cccc(N=Cc2cccc([N+](=O)[O-])c2[O-])c1. The number of hydrogen-bond donors (Lipinski definition) is 0. The third kappa shape index (κ3) is 3.30. The van der Waals surface area contributed by atoms with Crippen LogP contribution in [0.25, 0.3) is 0 Å². The fourth-order valence-electron chi connectivity index (χ4n) is 1.74. The van der Waals surface area contributed by atoms with E-state index in [0.29, 0.717) is 11.3 Å². The van der Waals surface area contributed by atoms with Crippen LogP contribution in [0.1, 0.15) is 22.8 Å². The first-order valence-electron chi connectivity index (χ1n) is 6.08. The van der Waals surface area contributed by atoms with Gasteiger partial charge in [-0.15, -0.1) is 0 Å². The minimum atomic E-state index is -0.726. The summed E-state index contributed by atoms with van der Waals surface area (Å²) in [7, 11) is 0. The predicted octanol–water partition coefficient (Wildman–Crippen LogP) is 2.62. The highest BCUT2D eigenvalue weighted by Gasteiger charge is 2.08. The molecule has 0 aliphatic heterocycles. The summed E-state index contributed by atoms with van der Waals surface area (Å²) < 4.78 is 0. The summed E-state index contributed by atoms with van der Waals surface area (Å²) in [5, 5.41) is 22.5. The second-order valence-corrected chi connectivity index (χ2v) is 4.32. The Morgan fingerprint density at radius 2 is 1.95 bits per heavy atom. The third-order valence-corrected chi connectivity index (χ3v) is 2.83. The van der Waals surface area contributed by atoms with Gasteiger partial charge in [-0.1, -0.05) is 24.3 Å². The number of nitrogens with zero attached hydrogens (tertiary/aromatic N) is 2. The Bertz CT molecular complexity index is 738. The number of Topliss-reactive ketones (excluding diaryl/α,β-unsaturated/α-hetero) is 1. The fourth-order valence-corrected chi connectivity index (χ4v) is 1.74. The molecule has 0 saturated heterocycles. The minimum Gasteiger partial charge on any atom is -0.867 e. The van der Waals surface area contributed by atoms with Gasteiger partial charge in [0.25, 0.3) is 5.69 Å². The molecule has 0 aliphatic rings. The molecule has 0 spiro atoms. The Morgan fingerprint density at radius 3 is 2.62 bits per heavy atom. The zero-order chi connectivity index (χ0) is 15.4. The van der Waals surface area contributed by atoms with Crippen molar-refractivity contribution >= 4 is 23.4 Å². The van der Waals surface area contributed by atoms with Gasteiger partial charge in [0.1, 0.15) is 0 Å². The number of aliphatic imine (C=N–C) groups is 1. The second-order valence-electron chi connectivity index (χ2n) is 4.32. The average molecular weight is 283 g/mol. The van der Waals surface area contributed by atoms with E-state index >= 15 is 0 Å². The molecule has 0 aromatic heterocycles. The monoisotopic (exact) mass is 283 g/mol. The number of benzene rings is 2. The van der Waals surface area contributed by atoms with Gasteiger partial charge in [0.15, 0.2) is 5.78 Å². The van der Waals surface area contributed by atoms with E-state index in [-0.39, 0.29) is 11.3 Å². The van der Waals surface area contributed by atoms with E-state index in [1.165, 1.54) is 25.3 Å².